The first-order valence-electron chi connectivity index (χ1n) is 10.8. The molecular formula is C25H32N2O4S. The van der Waals surface area contributed by atoms with Crippen LogP contribution in [0.25, 0.3) is 11.1 Å². The SMILES string of the molecule is CCCN(C(=O)N[C@@H](CSCC(C)C)C(=O)O)C(=O)c1cccc(-c2cccc(C)c2)c1. The van der Waals surface area contributed by atoms with E-state index in [0.717, 1.165) is 27.3 Å². The van der Waals surface area contributed by atoms with Crippen LogP contribution in [0, 0.1) is 12.8 Å². The second-order valence-electron chi connectivity index (χ2n) is 8.18. The lowest BCUT2D eigenvalue weighted by Gasteiger charge is -2.23. The number of carboxylic acid groups (broad SMARTS) is 1. The van der Waals surface area contributed by atoms with Gasteiger partial charge in [-0.05, 0) is 48.3 Å². The van der Waals surface area contributed by atoms with Crippen molar-refractivity contribution in [3.63, 3.8) is 0 Å². The normalized spacial score (nSPS) is 11.8. The van der Waals surface area contributed by atoms with E-state index in [1.807, 2.05) is 58.0 Å². The molecule has 0 aliphatic carbocycles. The minimum absolute atomic E-state index is 0.199. The molecule has 0 bridgehead atoms. The third-order valence-corrected chi connectivity index (χ3v) is 6.20. The maximum absolute atomic E-state index is 13.2. The fraction of sp³-hybridized carbons (Fsp3) is 0.400. The number of nitrogens with one attached hydrogen (secondary N) is 1. The van der Waals surface area contributed by atoms with Gasteiger partial charge < -0.3 is 10.4 Å². The third-order valence-electron chi connectivity index (χ3n) is 4.73. The van der Waals surface area contributed by atoms with Crippen molar-refractivity contribution >= 4 is 29.7 Å². The lowest BCUT2D eigenvalue weighted by Crippen LogP contribution is -2.51. The molecule has 6 nitrogen and oxygen atoms in total. The van der Waals surface area contributed by atoms with Crippen LogP contribution < -0.4 is 5.32 Å². The molecule has 32 heavy (non-hydrogen) atoms. The average molecular weight is 457 g/mol. The highest BCUT2D eigenvalue weighted by Crippen LogP contribution is 2.22. The first kappa shape index (κ1) is 25.5. The number of hydrogen-bond donors (Lipinski definition) is 2. The van der Waals surface area contributed by atoms with Crippen molar-refractivity contribution in [2.24, 2.45) is 5.92 Å². The quantitative estimate of drug-likeness (QED) is 0.521. The Labute approximate surface area is 194 Å². The van der Waals surface area contributed by atoms with Gasteiger partial charge >= 0.3 is 12.0 Å². The zero-order valence-electron chi connectivity index (χ0n) is 19.1. The number of carbonyl (C=O) groups is 3. The Balaban J connectivity index is 2.20. The van der Waals surface area contributed by atoms with E-state index in [1.54, 1.807) is 18.2 Å². The minimum atomic E-state index is -1.11. The molecule has 0 aliphatic heterocycles. The standard InChI is InChI=1S/C25H32N2O4S/c1-5-12-27(25(31)26-22(24(29)30)16-32-15-17(2)3)23(28)21-11-7-10-20(14-21)19-9-6-8-18(4)13-19/h6-11,13-14,17,22H,5,12,15-16H2,1-4H3,(H,26,31)(H,29,30)/t22-/m0/s1. The van der Waals surface area contributed by atoms with Crippen molar-refractivity contribution < 1.29 is 19.5 Å². The number of rotatable bonds is 10. The van der Waals surface area contributed by atoms with Gasteiger partial charge in [0.15, 0.2) is 0 Å². The Morgan fingerprint density at radius 1 is 1.03 bits per heavy atom. The van der Waals surface area contributed by atoms with Crippen molar-refractivity contribution in [1.29, 1.82) is 0 Å². The molecule has 1 atom stereocenters. The van der Waals surface area contributed by atoms with Crippen LogP contribution in [0.1, 0.15) is 43.1 Å². The fourth-order valence-electron chi connectivity index (χ4n) is 3.15. The van der Waals surface area contributed by atoms with Gasteiger partial charge in [-0.1, -0.05) is 62.7 Å². The van der Waals surface area contributed by atoms with Crippen molar-refractivity contribution in [2.45, 2.75) is 40.2 Å². The van der Waals surface area contributed by atoms with Crippen molar-refractivity contribution in [3.05, 3.63) is 59.7 Å². The molecule has 0 aliphatic rings. The molecule has 0 aromatic heterocycles. The average Bonchev–Trinajstić information content (AvgIpc) is 2.76. The summed E-state index contributed by atoms with van der Waals surface area (Å²) in [6.45, 7) is 8.17. The molecule has 0 spiro atoms. The number of amides is 3. The Kier molecular flexibility index (Phi) is 9.78. The molecule has 0 unspecified atom stereocenters. The molecule has 2 rings (SSSR count). The molecule has 0 fully saturated rings. The van der Waals surface area contributed by atoms with Gasteiger partial charge in [0, 0.05) is 17.9 Å². The van der Waals surface area contributed by atoms with Crippen molar-refractivity contribution in [1.82, 2.24) is 10.2 Å². The first-order valence-corrected chi connectivity index (χ1v) is 12.0. The number of carboxylic acids is 1. The van der Waals surface area contributed by atoms with E-state index in [9.17, 15) is 19.5 Å². The summed E-state index contributed by atoms with van der Waals surface area (Å²) in [5.41, 5.74) is 3.36. The highest BCUT2D eigenvalue weighted by molar-refractivity contribution is 7.99. The molecule has 2 N–H and O–H groups in total. The Morgan fingerprint density at radius 3 is 2.28 bits per heavy atom. The van der Waals surface area contributed by atoms with Crippen LogP contribution in [0.5, 0.6) is 0 Å². The van der Waals surface area contributed by atoms with Gasteiger partial charge in [-0.25, -0.2) is 9.59 Å². The zero-order valence-corrected chi connectivity index (χ0v) is 19.9. The van der Waals surface area contributed by atoms with Gasteiger partial charge in [-0.15, -0.1) is 0 Å². The topological polar surface area (TPSA) is 86.7 Å². The van der Waals surface area contributed by atoms with Gasteiger partial charge in [-0.2, -0.15) is 11.8 Å². The van der Waals surface area contributed by atoms with Crippen LogP contribution in [-0.2, 0) is 4.79 Å². The van der Waals surface area contributed by atoms with E-state index in [1.165, 1.54) is 11.8 Å². The Morgan fingerprint density at radius 2 is 1.69 bits per heavy atom. The lowest BCUT2D eigenvalue weighted by atomic mass is 10.0. The summed E-state index contributed by atoms with van der Waals surface area (Å²) in [5.74, 6) is -0.0963. The number of urea groups is 1. The molecular weight excluding hydrogens is 424 g/mol. The van der Waals surface area contributed by atoms with Crippen LogP contribution >= 0.6 is 11.8 Å². The highest BCUT2D eigenvalue weighted by Gasteiger charge is 2.27. The smallest absolute Gasteiger partial charge is 0.327 e. The molecule has 0 saturated heterocycles. The summed E-state index contributed by atoms with van der Waals surface area (Å²) < 4.78 is 0. The molecule has 0 saturated carbocycles. The summed E-state index contributed by atoms with van der Waals surface area (Å²) in [6, 6.07) is 13.4. The molecule has 7 heteroatoms. The zero-order chi connectivity index (χ0) is 23.7. The van der Waals surface area contributed by atoms with Crippen LogP contribution in [0.4, 0.5) is 4.79 Å². The number of carbonyl (C=O) groups excluding carboxylic acids is 2. The van der Waals surface area contributed by atoms with Crippen LogP contribution in [-0.4, -0.2) is 52.0 Å². The predicted molar refractivity (Wildman–Crippen MR) is 130 cm³/mol. The molecule has 172 valence electrons. The molecule has 0 radical (unpaired) electrons. The number of imide groups is 1. The maximum atomic E-state index is 13.2. The van der Waals surface area contributed by atoms with Crippen molar-refractivity contribution in [3.8, 4) is 11.1 Å². The maximum Gasteiger partial charge on any atom is 0.327 e. The second-order valence-corrected chi connectivity index (χ2v) is 9.25. The van der Waals surface area contributed by atoms with Crippen LogP contribution in [0.2, 0.25) is 0 Å². The number of nitrogens with zero attached hydrogens (tertiary/aromatic N) is 1. The monoisotopic (exact) mass is 456 g/mol. The van der Waals surface area contributed by atoms with E-state index in [-0.39, 0.29) is 12.3 Å². The Hall–Kier alpha value is -2.80. The van der Waals surface area contributed by atoms with Crippen molar-refractivity contribution in [2.75, 3.05) is 18.1 Å². The van der Waals surface area contributed by atoms with Crippen LogP contribution in [0.3, 0.4) is 0 Å². The number of hydrogen-bond acceptors (Lipinski definition) is 4. The van der Waals surface area contributed by atoms with E-state index >= 15 is 0 Å². The van der Waals surface area contributed by atoms with Gasteiger partial charge in [-0.3, -0.25) is 9.69 Å². The van der Waals surface area contributed by atoms with Gasteiger partial charge in [0.25, 0.3) is 5.91 Å². The van der Waals surface area contributed by atoms with E-state index in [0.29, 0.717) is 17.9 Å². The fourth-order valence-corrected chi connectivity index (χ4v) is 4.22. The van der Waals surface area contributed by atoms with E-state index in [2.05, 4.69) is 5.32 Å². The first-order chi connectivity index (χ1) is 15.2. The number of aryl methyl sites for hydroxylation is 1. The summed E-state index contributed by atoms with van der Waals surface area (Å²) in [7, 11) is 0. The highest BCUT2D eigenvalue weighted by atomic mass is 32.2. The number of benzene rings is 2. The third kappa shape index (κ3) is 7.41. The van der Waals surface area contributed by atoms with Gasteiger partial charge in [0.2, 0.25) is 0 Å². The summed E-state index contributed by atoms with van der Waals surface area (Å²) >= 11 is 1.47. The van der Waals surface area contributed by atoms with E-state index in [4.69, 9.17) is 0 Å². The molecule has 0 heterocycles. The summed E-state index contributed by atoms with van der Waals surface area (Å²) in [4.78, 5) is 38.8. The summed E-state index contributed by atoms with van der Waals surface area (Å²) in [6.07, 6.45) is 0.566. The second kappa shape index (κ2) is 12.3. The van der Waals surface area contributed by atoms with Crippen LogP contribution in [0.15, 0.2) is 48.5 Å². The van der Waals surface area contributed by atoms with Gasteiger partial charge in [0.1, 0.15) is 6.04 Å². The molecule has 2 aromatic rings. The van der Waals surface area contributed by atoms with E-state index < -0.39 is 23.9 Å². The minimum Gasteiger partial charge on any atom is -0.480 e. The largest absolute Gasteiger partial charge is 0.480 e. The lowest BCUT2D eigenvalue weighted by molar-refractivity contribution is -0.138. The number of thioether (sulfide) groups is 1. The molecule has 3 amide bonds. The van der Waals surface area contributed by atoms with Gasteiger partial charge in [0.05, 0.1) is 0 Å². The molecule has 2 aromatic carbocycles. The number of aliphatic carboxylic acids is 1. The Bertz CT molecular complexity index is 945. The predicted octanol–water partition coefficient (Wildman–Crippen LogP) is 5.07. The summed E-state index contributed by atoms with van der Waals surface area (Å²) in [5, 5.41) is 12.0.